The van der Waals surface area contributed by atoms with Crippen molar-refractivity contribution in [1.29, 1.82) is 0 Å². The molecule has 1 saturated carbocycles. The topological polar surface area (TPSA) is 126 Å². The van der Waals surface area contributed by atoms with Crippen molar-refractivity contribution in [1.82, 2.24) is 24.6 Å². The van der Waals surface area contributed by atoms with Gasteiger partial charge in [0, 0.05) is 18.2 Å². The summed E-state index contributed by atoms with van der Waals surface area (Å²) in [6, 6.07) is 2.18. The van der Waals surface area contributed by atoms with Gasteiger partial charge in [-0.2, -0.15) is 0 Å². The van der Waals surface area contributed by atoms with Crippen molar-refractivity contribution < 1.29 is 4.74 Å². The number of H-pyrrole nitrogens is 1. The highest BCUT2D eigenvalue weighted by Gasteiger charge is 2.38. The van der Waals surface area contributed by atoms with Crippen LogP contribution in [-0.4, -0.2) is 49.9 Å². The number of aromatic nitrogens is 5. The van der Waals surface area contributed by atoms with Crippen LogP contribution in [0.4, 0.5) is 11.4 Å². The second kappa shape index (κ2) is 6.88. The zero-order valence-corrected chi connectivity index (χ0v) is 17.1. The van der Waals surface area contributed by atoms with Crippen LogP contribution in [0.15, 0.2) is 28.0 Å². The van der Waals surface area contributed by atoms with Gasteiger partial charge in [-0.05, 0) is 24.8 Å². The van der Waals surface area contributed by atoms with E-state index in [0.717, 1.165) is 41.9 Å². The molecule has 1 aliphatic heterocycles. The Morgan fingerprint density at radius 3 is 2.61 bits per heavy atom. The lowest BCUT2D eigenvalue weighted by atomic mass is 9.93. The van der Waals surface area contributed by atoms with Crippen molar-refractivity contribution in [3.63, 3.8) is 0 Å². The first-order chi connectivity index (χ1) is 15.1. The zero-order chi connectivity index (χ0) is 21.1. The third-order valence-corrected chi connectivity index (χ3v) is 6.76. The third-order valence-electron chi connectivity index (χ3n) is 6.76. The van der Waals surface area contributed by atoms with Crippen LogP contribution in [0.2, 0.25) is 0 Å². The van der Waals surface area contributed by atoms with E-state index in [1.165, 1.54) is 0 Å². The zero-order valence-electron chi connectivity index (χ0n) is 17.1. The van der Waals surface area contributed by atoms with Crippen LogP contribution >= 0.6 is 0 Å². The van der Waals surface area contributed by atoms with Gasteiger partial charge in [-0.25, -0.2) is 4.98 Å². The Kier molecular flexibility index (Phi) is 4.10. The molecule has 1 aromatic carbocycles. The van der Waals surface area contributed by atoms with Gasteiger partial charge in [-0.3, -0.25) is 14.0 Å². The highest BCUT2D eigenvalue weighted by molar-refractivity contribution is 5.75. The van der Waals surface area contributed by atoms with Crippen molar-refractivity contribution in [2.24, 2.45) is 5.92 Å². The Labute approximate surface area is 176 Å². The predicted octanol–water partition coefficient (Wildman–Crippen LogP) is 1.40. The van der Waals surface area contributed by atoms with Gasteiger partial charge in [-0.15, -0.1) is 10.2 Å². The normalized spacial score (nSPS) is 24.2. The van der Waals surface area contributed by atoms with Gasteiger partial charge in [0.1, 0.15) is 17.2 Å². The molecule has 160 valence electrons. The Morgan fingerprint density at radius 2 is 1.90 bits per heavy atom. The summed E-state index contributed by atoms with van der Waals surface area (Å²) in [5, 5.41) is 15.4. The van der Waals surface area contributed by atoms with Gasteiger partial charge in [0.15, 0.2) is 11.3 Å². The van der Waals surface area contributed by atoms with Crippen LogP contribution in [-0.2, 0) is 4.74 Å². The van der Waals surface area contributed by atoms with E-state index in [2.05, 4.69) is 42.1 Å². The minimum atomic E-state index is -0.443. The molecule has 0 spiro atoms. The number of rotatable bonds is 6. The summed E-state index contributed by atoms with van der Waals surface area (Å²) in [6.07, 6.45) is 6.31. The van der Waals surface area contributed by atoms with Gasteiger partial charge in [-0.1, -0.05) is 13.3 Å². The van der Waals surface area contributed by atoms with Gasteiger partial charge in [0.2, 0.25) is 0 Å². The number of hydrogen-bond donors (Lipinski definition) is 3. The first kappa shape index (κ1) is 18.5. The SMILES string of the molecule is CC[C@@H]1C[C@H](Nc2c(NC3COC3)c(=O)c2=O)C[C@@H]1c1nnc2cnc3[nH]ccc3n12. The monoisotopic (exact) mass is 421 g/mol. The van der Waals surface area contributed by atoms with E-state index >= 15 is 0 Å². The van der Waals surface area contributed by atoms with Crippen molar-refractivity contribution >= 4 is 28.2 Å². The van der Waals surface area contributed by atoms with Gasteiger partial charge in [0.05, 0.1) is 31.0 Å². The largest absolute Gasteiger partial charge is 0.377 e. The molecular weight excluding hydrogens is 398 g/mol. The second-order valence-corrected chi connectivity index (χ2v) is 8.60. The smallest absolute Gasteiger partial charge is 0.253 e. The van der Waals surface area contributed by atoms with Crippen LogP contribution in [0.5, 0.6) is 0 Å². The molecule has 3 N–H and O–H groups in total. The number of nitrogens with one attached hydrogen (secondary N) is 3. The number of aromatic amines is 1. The lowest BCUT2D eigenvalue weighted by molar-refractivity contribution is 0.0210. The Morgan fingerprint density at radius 1 is 1.13 bits per heavy atom. The fraction of sp³-hybridized carbons (Fsp3) is 0.476. The summed E-state index contributed by atoms with van der Waals surface area (Å²) in [7, 11) is 0. The molecule has 31 heavy (non-hydrogen) atoms. The molecule has 4 aromatic rings. The van der Waals surface area contributed by atoms with E-state index in [0.29, 0.717) is 30.5 Å². The number of anilines is 2. The van der Waals surface area contributed by atoms with Crippen molar-refractivity contribution in [3.8, 4) is 0 Å². The first-order valence-corrected chi connectivity index (χ1v) is 10.7. The van der Waals surface area contributed by atoms with E-state index in [-0.39, 0.29) is 18.0 Å². The Balaban J connectivity index is 1.29. The standard InChI is InChI=1S/C21H23N7O3/c1-2-10-5-11(24-16-17(19(30)18(16)29)25-12-8-31-9-12)6-13(10)21-27-26-15-7-23-20-14(28(15)21)3-4-22-20/h3-4,7,10-13,22,24-25H,2,5-6,8-9H2,1H3/t10-,11+,13+/m1/s1. The maximum absolute atomic E-state index is 12.2. The molecule has 0 radical (unpaired) electrons. The summed E-state index contributed by atoms with van der Waals surface area (Å²) >= 11 is 0. The quantitative estimate of drug-likeness (QED) is 0.399. The van der Waals surface area contributed by atoms with Crippen LogP contribution < -0.4 is 21.5 Å². The summed E-state index contributed by atoms with van der Waals surface area (Å²) in [5.41, 5.74) is 2.43. The highest BCUT2D eigenvalue weighted by atomic mass is 16.5. The minimum absolute atomic E-state index is 0.0901. The molecule has 6 rings (SSSR count). The summed E-state index contributed by atoms with van der Waals surface area (Å²) < 4.78 is 7.23. The van der Waals surface area contributed by atoms with Crippen LogP contribution in [0.1, 0.15) is 37.9 Å². The molecule has 10 nitrogen and oxygen atoms in total. The van der Waals surface area contributed by atoms with Gasteiger partial charge in [0.25, 0.3) is 10.9 Å². The molecule has 3 aromatic heterocycles. The van der Waals surface area contributed by atoms with E-state index in [4.69, 9.17) is 4.74 Å². The van der Waals surface area contributed by atoms with Gasteiger partial charge < -0.3 is 20.4 Å². The maximum Gasteiger partial charge on any atom is 0.253 e. The second-order valence-electron chi connectivity index (χ2n) is 8.60. The molecule has 0 unspecified atom stereocenters. The van der Waals surface area contributed by atoms with E-state index in [1.807, 2.05) is 12.3 Å². The van der Waals surface area contributed by atoms with E-state index < -0.39 is 10.9 Å². The summed E-state index contributed by atoms with van der Waals surface area (Å²) in [4.78, 5) is 31.8. The van der Waals surface area contributed by atoms with Crippen molar-refractivity contribution in [2.75, 3.05) is 23.8 Å². The summed E-state index contributed by atoms with van der Waals surface area (Å²) in [6.45, 7) is 3.30. The molecule has 1 saturated heterocycles. The van der Waals surface area contributed by atoms with Gasteiger partial charge >= 0.3 is 0 Å². The maximum atomic E-state index is 12.2. The van der Waals surface area contributed by atoms with Crippen LogP contribution in [0.25, 0.3) is 16.8 Å². The molecular formula is C21H23N7O3. The van der Waals surface area contributed by atoms with Crippen LogP contribution in [0, 0.1) is 5.92 Å². The first-order valence-electron chi connectivity index (χ1n) is 10.7. The minimum Gasteiger partial charge on any atom is -0.377 e. The fourth-order valence-electron chi connectivity index (χ4n) is 5.04. The Bertz CT molecular complexity index is 1340. The van der Waals surface area contributed by atoms with Crippen molar-refractivity contribution in [3.05, 3.63) is 44.7 Å². The molecule has 0 amide bonds. The average Bonchev–Trinajstić information content (AvgIpc) is 3.47. The lowest BCUT2D eigenvalue weighted by Crippen LogP contribution is -2.46. The highest BCUT2D eigenvalue weighted by Crippen LogP contribution is 2.42. The molecule has 10 heteroatoms. The number of ether oxygens (including phenoxy) is 1. The van der Waals surface area contributed by atoms with Crippen molar-refractivity contribution in [2.45, 2.75) is 44.2 Å². The predicted molar refractivity (Wildman–Crippen MR) is 115 cm³/mol. The molecule has 3 atom stereocenters. The Hall–Kier alpha value is -3.27. The molecule has 2 fully saturated rings. The van der Waals surface area contributed by atoms with E-state index in [1.54, 1.807) is 6.20 Å². The average molecular weight is 421 g/mol. The molecule has 1 aliphatic carbocycles. The van der Waals surface area contributed by atoms with Crippen LogP contribution in [0.3, 0.4) is 0 Å². The summed E-state index contributed by atoms with van der Waals surface area (Å²) in [5.74, 6) is 1.52. The number of fused-ring (bicyclic) bond motifs is 3. The molecule has 0 bridgehead atoms. The lowest BCUT2D eigenvalue weighted by Gasteiger charge is -2.29. The number of nitrogens with zero attached hydrogens (tertiary/aromatic N) is 4. The van der Waals surface area contributed by atoms with E-state index in [9.17, 15) is 9.59 Å². The molecule has 2 aliphatic rings. The molecule has 4 heterocycles. The fourth-order valence-corrected chi connectivity index (χ4v) is 5.04. The third kappa shape index (κ3) is 2.78. The number of hydrogen-bond acceptors (Lipinski definition) is 8.